The number of piperidine rings is 1. The van der Waals surface area contributed by atoms with Crippen molar-refractivity contribution in [2.45, 2.75) is 64.7 Å². The third-order valence-corrected chi connectivity index (χ3v) is 5.50. The first-order valence-electron chi connectivity index (χ1n) is 9.98. The topological polar surface area (TPSA) is 39.7 Å². The van der Waals surface area contributed by atoms with Gasteiger partial charge in [0, 0.05) is 19.6 Å². The van der Waals surface area contributed by atoms with Crippen molar-refractivity contribution in [3.8, 4) is 0 Å². The molecule has 4 nitrogen and oxygen atoms in total. The molecule has 1 saturated heterocycles. The molecule has 142 valence electrons. The molecule has 0 atom stereocenters. The minimum Gasteiger partial charge on any atom is -0.357 e. The van der Waals surface area contributed by atoms with E-state index in [1.54, 1.807) is 0 Å². The lowest BCUT2D eigenvalue weighted by Crippen LogP contribution is -2.38. The number of hydrogen-bond acceptors (Lipinski definition) is 2. The molecule has 2 aliphatic rings. The summed E-state index contributed by atoms with van der Waals surface area (Å²) in [4.78, 5) is 7.24. The van der Waals surface area contributed by atoms with Crippen LogP contribution in [0.4, 0.5) is 0 Å². The first kappa shape index (κ1) is 22.0. The summed E-state index contributed by atoms with van der Waals surface area (Å²) in [7, 11) is 2.22. The number of rotatable bonds is 8. The molecule has 2 rings (SSSR count). The van der Waals surface area contributed by atoms with Crippen LogP contribution in [0.3, 0.4) is 0 Å². The van der Waals surface area contributed by atoms with Crippen LogP contribution in [0.25, 0.3) is 0 Å². The minimum absolute atomic E-state index is 0. The monoisotopic (exact) mass is 450 g/mol. The van der Waals surface area contributed by atoms with Crippen LogP contribution in [-0.2, 0) is 0 Å². The Balaban J connectivity index is 0.00000288. The molecule has 0 bridgehead atoms. The van der Waals surface area contributed by atoms with E-state index in [1.165, 1.54) is 70.9 Å². The van der Waals surface area contributed by atoms with Gasteiger partial charge in [-0.2, -0.15) is 0 Å². The Labute approximate surface area is 166 Å². The van der Waals surface area contributed by atoms with Crippen LogP contribution >= 0.6 is 24.0 Å². The lowest BCUT2D eigenvalue weighted by Gasteiger charge is -2.28. The number of aliphatic imine (C=N–C) groups is 1. The smallest absolute Gasteiger partial charge is 0.191 e. The van der Waals surface area contributed by atoms with Crippen LogP contribution in [0.5, 0.6) is 0 Å². The normalized spacial score (nSPS) is 20.8. The van der Waals surface area contributed by atoms with E-state index in [9.17, 15) is 0 Å². The van der Waals surface area contributed by atoms with Crippen LogP contribution in [-0.4, -0.2) is 50.6 Å². The van der Waals surface area contributed by atoms with Gasteiger partial charge in [0.15, 0.2) is 5.96 Å². The minimum atomic E-state index is 0. The first-order chi connectivity index (χ1) is 11.3. The fraction of sp³-hybridized carbons (Fsp3) is 0.947. The van der Waals surface area contributed by atoms with E-state index in [4.69, 9.17) is 4.99 Å². The molecule has 0 spiro atoms. The van der Waals surface area contributed by atoms with Gasteiger partial charge in [-0.3, -0.25) is 4.99 Å². The summed E-state index contributed by atoms with van der Waals surface area (Å²) >= 11 is 0. The van der Waals surface area contributed by atoms with Crippen LogP contribution in [0.2, 0.25) is 0 Å². The summed E-state index contributed by atoms with van der Waals surface area (Å²) in [5.41, 5.74) is 0. The molecule has 24 heavy (non-hydrogen) atoms. The van der Waals surface area contributed by atoms with Crippen LogP contribution in [0.1, 0.15) is 64.7 Å². The Bertz CT molecular complexity index is 334. The molecular weight excluding hydrogens is 411 g/mol. The highest BCUT2D eigenvalue weighted by Crippen LogP contribution is 2.28. The van der Waals surface area contributed by atoms with E-state index in [-0.39, 0.29) is 24.0 Å². The second-order valence-electron chi connectivity index (χ2n) is 7.54. The highest BCUT2D eigenvalue weighted by atomic mass is 127. The lowest BCUT2D eigenvalue weighted by molar-refractivity contribution is 0.223. The van der Waals surface area contributed by atoms with E-state index in [1.807, 2.05) is 0 Å². The fourth-order valence-electron chi connectivity index (χ4n) is 3.87. The maximum absolute atomic E-state index is 4.81. The van der Waals surface area contributed by atoms with Crippen molar-refractivity contribution in [1.82, 2.24) is 15.5 Å². The Morgan fingerprint density at radius 1 is 1.00 bits per heavy atom. The highest BCUT2D eigenvalue weighted by Gasteiger charge is 2.16. The number of guanidine groups is 1. The van der Waals surface area contributed by atoms with Crippen molar-refractivity contribution >= 4 is 29.9 Å². The molecule has 0 aromatic heterocycles. The van der Waals surface area contributed by atoms with Gasteiger partial charge in [-0.25, -0.2) is 0 Å². The summed E-state index contributed by atoms with van der Waals surface area (Å²) in [6.07, 6.45) is 12.6. The maximum atomic E-state index is 4.81. The van der Waals surface area contributed by atoms with Gasteiger partial charge in [0.1, 0.15) is 0 Å². The highest BCUT2D eigenvalue weighted by molar-refractivity contribution is 14.0. The van der Waals surface area contributed by atoms with Gasteiger partial charge in [-0.15, -0.1) is 24.0 Å². The Morgan fingerprint density at radius 3 is 2.38 bits per heavy atom. The predicted octanol–water partition coefficient (Wildman–Crippen LogP) is 3.86. The Kier molecular flexibility index (Phi) is 12.1. The van der Waals surface area contributed by atoms with Crippen LogP contribution in [0, 0.1) is 11.8 Å². The molecule has 0 aromatic carbocycles. The molecule has 0 unspecified atom stereocenters. The average molecular weight is 450 g/mol. The molecular formula is C19H39IN4. The SMILES string of the molecule is CCNC(=NCC1CCN(C)CC1)NCCCCC1CCCC1.I. The van der Waals surface area contributed by atoms with E-state index in [2.05, 4.69) is 29.5 Å². The Morgan fingerprint density at radius 2 is 1.71 bits per heavy atom. The molecule has 2 N–H and O–H groups in total. The third kappa shape index (κ3) is 8.88. The predicted molar refractivity (Wildman–Crippen MR) is 115 cm³/mol. The van der Waals surface area contributed by atoms with Crippen molar-refractivity contribution in [3.63, 3.8) is 0 Å². The van der Waals surface area contributed by atoms with Crippen molar-refractivity contribution in [2.24, 2.45) is 16.8 Å². The van der Waals surface area contributed by atoms with E-state index < -0.39 is 0 Å². The summed E-state index contributed by atoms with van der Waals surface area (Å²) in [6.45, 7) is 7.59. The molecule has 1 aliphatic heterocycles. The molecule has 0 aromatic rings. The van der Waals surface area contributed by atoms with Crippen molar-refractivity contribution in [2.75, 3.05) is 39.8 Å². The molecule has 0 amide bonds. The quantitative estimate of drug-likeness (QED) is 0.255. The van der Waals surface area contributed by atoms with Gasteiger partial charge < -0.3 is 15.5 Å². The summed E-state index contributed by atoms with van der Waals surface area (Å²) < 4.78 is 0. The number of nitrogens with one attached hydrogen (secondary N) is 2. The number of likely N-dealkylation sites (tertiary alicyclic amines) is 1. The van der Waals surface area contributed by atoms with Gasteiger partial charge in [-0.05, 0) is 58.2 Å². The van der Waals surface area contributed by atoms with E-state index >= 15 is 0 Å². The number of hydrogen-bond donors (Lipinski definition) is 2. The molecule has 2 fully saturated rings. The zero-order valence-corrected chi connectivity index (χ0v) is 18.2. The van der Waals surface area contributed by atoms with Crippen LogP contribution < -0.4 is 10.6 Å². The summed E-state index contributed by atoms with van der Waals surface area (Å²) in [6, 6.07) is 0. The second-order valence-corrected chi connectivity index (χ2v) is 7.54. The average Bonchev–Trinajstić information content (AvgIpc) is 3.07. The van der Waals surface area contributed by atoms with Crippen molar-refractivity contribution < 1.29 is 0 Å². The van der Waals surface area contributed by atoms with Crippen molar-refractivity contribution in [1.29, 1.82) is 0 Å². The van der Waals surface area contributed by atoms with E-state index in [0.29, 0.717) is 0 Å². The third-order valence-electron chi connectivity index (χ3n) is 5.50. The fourth-order valence-corrected chi connectivity index (χ4v) is 3.87. The summed E-state index contributed by atoms with van der Waals surface area (Å²) in [5, 5.41) is 6.91. The number of halogens is 1. The van der Waals surface area contributed by atoms with Gasteiger partial charge in [0.05, 0.1) is 0 Å². The van der Waals surface area contributed by atoms with Crippen molar-refractivity contribution in [3.05, 3.63) is 0 Å². The Hall–Kier alpha value is -0.0400. The zero-order valence-electron chi connectivity index (χ0n) is 15.9. The van der Waals surface area contributed by atoms with Gasteiger partial charge in [0.2, 0.25) is 0 Å². The van der Waals surface area contributed by atoms with Crippen LogP contribution in [0.15, 0.2) is 4.99 Å². The first-order valence-corrected chi connectivity index (χ1v) is 9.98. The second kappa shape index (κ2) is 13.2. The largest absolute Gasteiger partial charge is 0.357 e. The zero-order chi connectivity index (χ0) is 16.3. The molecule has 1 saturated carbocycles. The molecule has 1 heterocycles. The maximum Gasteiger partial charge on any atom is 0.191 e. The van der Waals surface area contributed by atoms with Gasteiger partial charge >= 0.3 is 0 Å². The molecule has 1 aliphatic carbocycles. The standard InChI is InChI=1S/C19H38N4.HI/c1-3-20-19(22-16-18-11-14-23(2)15-12-18)21-13-7-6-10-17-8-4-5-9-17;/h17-18H,3-16H2,1-2H3,(H2,20,21,22);1H. The van der Waals surface area contributed by atoms with E-state index in [0.717, 1.165) is 37.4 Å². The van der Waals surface area contributed by atoms with Gasteiger partial charge in [-0.1, -0.05) is 38.5 Å². The number of nitrogens with zero attached hydrogens (tertiary/aromatic N) is 2. The molecule has 0 radical (unpaired) electrons. The molecule has 5 heteroatoms. The lowest BCUT2D eigenvalue weighted by atomic mass is 9.97. The number of unbranched alkanes of at least 4 members (excludes halogenated alkanes) is 1. The summed E-state index contributed by atoms with van der Waals surface area (Å²) in [5.74, 6) is 2.82. The van der Waals surface area contributed by atoms with Gasteiger partial charge in [0.25, 0.3) is 0 Å².